The Labute approximate surface area is 191 Å². The van der Waals surface area contributed by atoms with Crippen molar-refractivity contribution in [2.24, 2.45) is 5.92 Å². The van der Waals surface area contributed by atoms with Crippen LogP contribution >= 0.6 is 0 Å². The molecular formula is C24H27N5O4. The van der Waals surface area contributed by atoms with E-state index in [1.54, 1.807) is 0 Å². The van der Waals surface area contributed by atoms with Gasteiger partial charge in [-0.1, -0.05) is 35.5 Å². The highest BCUT2D eigenvalue weighted by atomic mass is 16.6. The van der Waals surface area contributed by atoms with Gasteiger partial charge in [-0.15, -0.1) is 0 Å². The van der Waals surface area contributed by atoms with Crippen LogP contribution < -0.4 is 5.32 Å². The maximum absolute atomic E-state index is 12.3. The number of aromatic nitrogens is 2. The monoisotopic (exact) mass is 449 g/mol. The van der Waals surface area contributed by atoms with Crippen molar-refractivity contribution in [2.45, 2.75) is 32.2 Å². The molecule has 0 unspecified atom stereocenters. The normalized spacial score (nSPS) is 14.8. The fourth-order valence-corrected chi connectivity index (χ4v) is 4.11. The first-order chi connectivity index (χ1) is 16.1. The molecule has 1 aromatic heterocycles. The molecule has 0 radical (unpaired) electrons. The van der Waals surface area contributed by atoms with Crippen LogP contribution in [0.3, 0.4) is 0 Å². The van der Waals surface area contributed by atoms with Crippen molar-refractivity contribution in [2.75, 3.05) is 19.6 Å². The Morgan fingerprint density at radius 3 is 2.55 bits per heavy atom. The van der Waals surface area contributed by atoms with E-state index in [0.717, 1.165) is 32.5 Å². The first-order valence-corrected chi connectivity index (χ1v) is 11.2. The standard InChI is InChI=1S/C24H27N5O4/c30-23(22-26-24(33-27-22)20-8-10-21(11-9-20)29(31)32)25-14-4-7-18-12-15-28(16-13-18)17-19-5-2-1-3-6-19/h1-3,5-6,8-11,18H,4,7,12-17H2,(H,25,30). The molecule has 1 amide bonds. The van der Waals surface area contributed by atoms with Gasteiger partial charge >= 0.3 is 0 Å². The van der Waals surface area contributed by atoms with Gasteiger partial charge < -0.3 is 9.84 Å². The zero-order valence-electron chi connectivity index (χ0n) is 18.4. The summed E-state index contributed by atoms with van der Waals surface area (Å²) in [5, 5.41) is 17.3. The summed E-state index contributed by atoms with van der Waals surface area (Å²) in [6.07, 6.45) is 4.36. The smallest absolute Gasteiger partial charge is 0.292 e. The number of benzene rings is 2. The number of non-ortho nitro benzene ring substituents is 1. The summed E-state index contributed by atoms with van der Waals surface area (Å²) < 4.78 is 5.13. The molecular weight excluding hydrogens is 422 g/mol. The van der Waals surface area contributed by atoms with Gasteiger partial charge in [0.2, 0.25) is 0 Å². The van der Waals surface area contributed by atoms with E-state index in [1.165, 1.54) is 42.7 Å². The third-order valence-electron chi connectivity index (χ3n) is 5.99. The predicted octanol–water partition coefficient (Wildman–Crippen LogP) is 4.07. The van der Waals surface area contributed by atoms with Crippen LogP contribution in [0.5, 0.6) is 0 Å². The number of nitro groups is 1. The van der Waals surface area contributed by atoms with Crippen molar-refractivity contribution in [1.82, 2.24) is 20.4 Å². The van der Waals surface area contributed by atoms with Gasteiger partial charge in [0.15, 0.2) is 0 Å². The molecule has 9 nitrogen and oxygen atoms in total. The van der Waals surface area contributed by atoms with E-state index >= 15 is 0 Å². The summed E-state index contributed by atoms with van der Waals surface area (Å²) in [4.78, 5) is 29.2. The molecule has 1 aliphatic rings. The van der Waals surface area contributed by atoms with Gasteiger partial charge in [-0.25, -0.2) is 0 Å². The number of piperidine rings is 1. The van der Waals surface area contributed by atoms with Crippen LogP contribution in [-0.2, 0) is 6.54 Å². The van der Waals surface area contributed by atoms with Gasteiger partial charge in [0.25, 0.3) is 23.3 Å². The van der Waals surface area contributed by atoms with Crippen LogP contribution in [0, 0.1) is 16.0 Å². The molecule has 0 saturated carbocycles. The van der Waals surface area contributed by atoms with Crippen molar-refractivity contribution in [3.8, 4) is 11.5 Å². The fourth-order valence-electron chi connectivity index (χ4n) is 4.11. The molecule has 4 rings (SSSR count). The zero-order chi connectivity index (χ0) is 23.0. The number of rotatable bonds is 9. The molecule has 1 saturated heterocycles. The number of carbonyl (C=O) groups excluding carboxylic acids is 1. The molecule has 1 aliphatic heterocycles. The SMILES string of the molecule is O=C(NCCCC1CCN(Cc2ccccc2)CC1)c1noc(-c2ccc([N+](=O)[O-])cc2)n1. The summed E-state index contributed by atoms with van der Waals surface area (Å²) in [6.45, 7) is 3.79. The summed E-state index contributed by atoms with van der Waals surface area (Å²) in [5.74, 6) is 0.410. The van der Waals surface area contributed by atoms with Crippen molar-refractivity contribution >= 4 is 11.6 Å². The van der Waals surface area contributed by atoms with Crippen LogP contribution in [0.25, 0.3) is 11.5 Å². The van der Waals surface area contributed by atoms with E-state index in [4.69, 9.17) is 4.52 Å². The second kappa shape index (κ2) is 10.8. The lowest BCUT2D eigenvalue weighted by atomic mass is 9.92. The maximum atomic E-state index is 12.3. The minimum Gasteiger partial charge on any atom is -0.349 e. The number of hydrogen-bond donors (Lipinski definition) is 1. The number of nitrogens with one attached hydrogen (secondary N) is 1. The Bertz CT molecular complexity index is 1060. The van der Waals surface area contributed by atoms with E-state index in [-0.39, 0.29) is 23.3 Å². The second-order valence-electron chi connectivity index (χ2n) is 8.33. The summed E-state index contributed by atoms with van der Waals surface area (Å²) in [5.41, 5.74) is 1.85. The Morgan fingerprint density at radius 1 is 1.12 bits per heavy atom. The molecule has 0 atom stereocenters. The molecule has 0 bridgehead atoms. The predicted molar refractivity (Wildman–Crippen MR) is 122 cm³/mol. The minimum absolute atomic E-state index is 0.0295. The van der Waals surface area contributed by atoms with Gasteiger partial charge in [0, 0.05) is 30.8 Å². The Hall–Kier alpha value is -3.59. The van der Waals surface area contributed by atoms with Gasteiger partial charge in [0.05, 0.1) is 4.92 Å². The van der Waals surface area contributed by atoms with Crippen LogP contribution in [0.2, 0.25) is 0 Å². The first kappa shape index (κ1) is 22.6. The number of nitro benzene ring substituents is 1. The fraction of sp³-hybridized carbons (Fsp3) is 0.375. The Kier molecular flexibility index (Phi) is 7.41. The molecule has 0 aliphatic carbocycles. The van der Waals surface area contributed by atoms with Crippen molar-refractivity contribution in [3.05, 3.63) is 76.1 Å². The average molecular weight is 450 g/mol. The molecule has 1 fully saturated rings. The van der Waals surface area contributed by atoms with Crippen LogP contribution in [0.4, 0.5) is 5.69 Å². The van der Waals surface area contributed by atoms with Crippen LogP contribution in [0.15, 0.2) is 59.1 Å². The van der Waals surface area contributed by atoms with Crippen molar-refractivity contribution < 1.29 is 14.2 Å². The number of amides is 1. The number of likely N-dealkylation sites (tertiary alicyclic amines) is 1. The van der Waals surface area contributed by atoms with Gasteiger partial charge in [0.1, 0.15) is 0 Å². The molecule has 2 heterocycles. The van der Waals surface area contributed by atoms with E-state index in [9.17, 15) is 14.9 Å². The second-order valence-corrected chi connectivity index (χ2v) is 8.33. The summed E-state index contributed by atoms with van der Waals surface area (Å²) in [6, 6.07) is 16.3. The number of nitrogens with zero attached hydrogens (tertiary/aromatic N) is 4. The van der Waals surface area contributed by atoms with Gasteiger partial charge in [-0.05, 0) is 62.4 Å². The first-order valence-electron chi connectivity index (χ1n) is 11.2. The van der Waals surface area contributed by atoms with Crippen LogP contribution in [0.1, 0.15) is 41.9 Å². The third kappa shape index (κ3) is 6.23. The molecule has 0 spiro atoms. The minimum atomic E-state index is -0.482. The maximum Gasteiger partial charge on any atom is 0.292 e. The highest BCUT2D eigenvalue weighted by Gasteiger charge is 2.20. The molecule has 33 heavy (non-hydrogen) atoms. The molecule has 3 aromatic rings. The van der Waals surface area contributed by atoms with Crippen LogP contribution in [-0.4, -0.2) is 45.5 Å². The van der Waals surface area contributed by atoms with Crippen molar-refractivity contribution in [1.29, 1.82) is 0 Å². The van der Waals surface area contributed by atoms with E-state index < -0.39 is 4.92 Å². The number of hydrogen-bond acceptors (Lipinski definition) is 7. The Morgan fingerprint density at radius 2 is 1.85 bits per heavy atom. The molecule has 2 aromatic carbocycles. The molecule has 1 N–H and O–H groups in total. The Balaban J connectivity index is 1.16. The molecule has 172 valence electrons. The quantitative estimate of drug-likeness (QED) is 0.297. The summed E-state index contributed by atoms with van der Waals surface area (Å²) >= 11 is 0. The lowest BCUT2D eigenvalue weighted by Crippen LogP contribution is -2.33. The molecule has 9 heteroatoms. The number of carbonyl (C=O) groups is 1. The zero-order valence-corrected chi connectivity index (χ0v) is 18.4. The van der Waals surface area contributed by atoms with Gasteiger partial charge in [-0.2, -0.15) is 4.98 Å². The van der Waals surface area contributed by atoms with E-state index in [2.05, 4.69) is 44.6 Å². The highest BCUT2D eigenvalue weighted by molar-refractivity contribution is 5.90. The topological polar surface area (TPSA) is 114 Å². The van der Waals surface area contributed by atoms with Crippen molar-refractivity contribution in [3.63, 3.8) is 0 Å². The average Bonchev–Trinajstić information content (AvgIpc) is 3.34. The largest absolute Gasteiger partial charge is 0.349 e. The lowest BCUT2D eigenvalue weighted by Gasteiger charge is -2.32. The van der Waals surface area contributed by atoms with E-state index in [1.807, 2.05) is 6.07 Å². The highest BCUT2D eigenvalue weighted by Crippen LogP contribution is 2.23. The lowest BCUT2D eigenvalue weighted by molar-refractivity contribution is -0.384. The summed E-state index contributed by atoms with van der Waals surface area (Å²) in [7, 11) is 0. The van der Waals surface area contributed by atoms with E-state index in [0.29, 0.717) is 18.0 Å². The third-order valence-corrected chi connectivity index (χ3v) is 5.99. The van der Waals surface area contributed by atoms with Gasteiger partial charge in [-0.3, -0.25) is 19.8 Å².